The molecule has 2 aromatic rings. The van der Waals surface area contributed by atoms with Crippen LogP contribution in [0.3, 0.4) is 0 Å². The lowest BCUT2D eigenvalue weighted by Gasteiger charge is -2.05. The Morgan fingerprint density at radius 2 is 2.28 bits per heavy atom. The molecule has 0 N–H and O–H groups in total. The maximum Gasteiger partial charge on any atom is 0.347 e. The molecule has 1 aromatic carbocycles. The molecule has 0 amide bonds. The van der Waals surface area contributed by atoms with Gasteiger partial charge in [0.15, 0.2) is 0 Å². The number of aromatic nitrogens is 1. The van der Waals surface area contributed by atoms with Gasteiger partial charge < -0.3 is 9.47 Å². The highest BCUT2D eigenvalue weighted by Gasteiger charge is 2.14. The highest BCUT2D eigenvalue weighted by atomic mass is 79.9. The van der Waals surface area contributed by atoms with Crippen molar-refractivity contribution in [1.82, 2.24) is 4.98 Å². The minimum absolute atomic E-state index is 0.0605. The topological polar surface area (TPSA) is 74.5 Å². The number of hydrogen-bond donors (Lipinski definition) is 0. The van der Waals surface area contributed by atoms with E-state index < -0.39 is 4.92 Å². The van der Waals surface area contributed by atoms with Crippen LogP contribution in [0.15, 0.2) is 28.9 Å². The molecule has 8 heteroatoms. The van der Waals surface area contributed by atoms with Crippen molar-refractivity contribution >= 4 is 32.3 Å². The summed E-state index contributed by atoms with van der Waals surface area (Å²) >= 11 is 4.19. The van der Waals surface area contributed by atoms with Crippen molar-refractivity contribution in [2.75, 3.05) is 7.11 Å². The zero-order chi connectivity index (χ0) is 13.1. The van der Waals surface area contributed by atoms with Gasteiger partial charge in [0.2, 0.25) is 0 Å². The number of halogens is 1. The molecule has 0 bridgehead atoms. The van der Waals surface area contributed by atoms with Crippen molar-refractivity contribution in [2.45, 2.75) is 0 Å². The van der Waals surface area contributed by atoms with E-state index in [0.29, 0.717) is 16.0 Å². The molecule has 1 heterocycles. The largest absolute Gasteiger partial charge is 0.497 e. The minimum Gasteiger partial charge on any atom is -0.497 e. The molecule has 0 unspecified atom stereocenters. The van der Waals surface area contributed by atoms with Crippen LogP contribution in [0.1, 0.15) is 0 Å². The van der Waals surface area contributed by atoms with E-state index in [1.54, 1.807) is 25.3 Å². The first-order chi connectivity index (χ1) is 8.60. The van der Waals surface area contributed by atoms with E-state index in [1.165, 1.54) is 0 Å². The molecule has 6 nitrogen and oxygen atoms in total. The predicted octanol–water partition coefficient (Wildman–Crippen LogP) is 3.61. The molecular weight excluding hydrogens is 324 g/mol. The summed E-state index contributed by atoms with van der Waals surface area (Å²) in [6, 6.07) is 5.15. The first-order valence-electron chi connectivity index (χ1n) is 4.72. The fraction of sp³-hybridized carbons (Fsp3) is 0.100. The summed E-state index contributed by atoms with van der Waals surface area (Å²) in [6.07, 6.45) is 1.16. The molecule has 0 aliphatic carbocycles. The lowest BCUT2D eigenvalue weighted by molar-refractivity contribution is -0.380. The Labute approximate surface area is 114 Å². The Bertz CT molecular complexity index is 587. The van der Waals surface area contributed by atoms with Crippen LogP contribution in [0.2, 0.25) is 0 Å². The fourth-order valence-electron chi connectivity index (χ4n) is 1.17. The van der Waals surface area contributed by atoms with E-state index in [2.05, 4.69) is 20.9 Å². The first kappa shape index (κ1) is 12.8. The fourth-order valence-corrected chi connectivity index (χ4v) is 2.20. The summed E-state index contributed by atoms with van der Waals surface area (Å²) in [5, 5.41) is 10.7. The van der Waals surface area contributed by atoms with E-state index in [0.717, 1.165) is 17.5 Å². The highest BCUT2D eigenvalue weighted by molar-refractivity contribution is 9.10. The summed E-state index contributed by atoms with van der Waals surface area (Å²) in [4.78, 5) is 13.8. The molecule has 0 radical (unpaired) electrons. The third-order valence-corrected chi connectivity index (χ3v) is 3.44. The van der Waals surface area contributed by atoms with Crippen molar-refractivity contribution in [3.8, 4) is 16.7 Å². The van der Waals surface area contributed by atoms with E-state index in [4.69, 9.17) is 9.47 Å². The Morgan fingerprint density at radius 1 is 1.50 bits per heavy atom. The molecule has 0 aliphatic heterocycles. The number of rotatable bonds is 4. The molecule has 0 aliphatic rings. The predicted molar refractivity (Wildman–Crippen MR) is 69.5 cm³/mol. The number of nitro groups is 1. The van der Waals surface area contributed by atoms with Gasteiger partial charge >= 0.3 is 5.00 Å². The maximum atomic E-state index is 10.5. The molecule has 2 rings (SSSR count). The summed E-state index contributed by atoms with van der Waals surface area (Å²) < 4.78 is 11.2. The van der Waals surface area contributed by atoms with Crippen molar-refractivity contribution in [3.05, 3.63) is 39.0 Å². The Hall–Kier alpha value is -1.67. The van der Waals surface area contributed by atoms with Gasteiger partial charge in [0, 0.05) is 0 Å². The van der Waals surface area contributed by atoms with Gasteiger partial charge in [0.05, 0.1) is 16.5 Å². The van der Waals surface area contributed by atoms with E-state index in [1.807, 2.05) is 0 Å². The van der Waals surface area contributed by atoms with Crippen molar-refractivity contribution in [3.63, 3.8) is 0 Å². The van der Waals surface area contributed by atoms with Crippen LogP contribution >= 0.6 is 27.3 Å². The van der Waals surface area contributed by atoms with Crippen LogP contribution in [0.5, 0.6) is 16.7 Å². The molecule has 18 heavy (non-hydrogen) atoms. The molecule has 0 spiro atoms. The van der Waals surface area contributed by atoms with Gasteiger partial charge in [-0.2, -0.15) is 0 Å². The summed E-state index contributed by atoms with van der Waals surface area (Å²) in [7, 11) is 1.56. The van der Waals surface area contributed by atoms with Gasteiger partial charge in [-0.15, -0.1) is 0 Å². The first-order valence-corrected chi connectivity index (χ1v) is 6.32. The van der Waals surface area contributed by atoms with Gasteiger partial charge in [-0.1, -0.05) is 0 Å². The van der Waals surface area contributed by atoms with Crippen molar-refractivity contribution in [1.29, 1.82) is 0 Å². The van der Waals surface area contributed by atoms with Gasteiger partial charge in [-0.25, -0.2) is 4.98 Å². The average molecular weight is 331 g/mol. The van der Waals surface area contributed by atoms with Crippen LogP contribution in [-0.4, -0.2) is 17.0 Å². The number of benzene rings is 1. The molecule has 1 aromatic heterocycles. The summed E-state index contributed by atoms with van der Waals surface area (Å²) in [5.41, 5.74) is 0. The SMILES string of the molecule is COc1ccc(Oc2ncc([N+](=O)[O-])s2)c(Br)c1. The number of hydrogen-bond acceptors (Lipinski definition) is 6. The molecule has 0 atom stereocenters. The third kappa shape index (κ3) is 2.77. The minimum atomic E-state index is -0.506. The smallest absolute Gasteiger partial charge is 0.347 e. The second-order valence-corrected chi connectivity index (χ2v) is 4.95. The second-order valence-electron chi connectivity index (χ2n) is 3.12. The zero-order valence-corrected chi connectivity index (χ0v) is 11.5. The lowest BCUT2D eigenvalue weighted by Crippen LogP contribution is -1.86. The quantitative estimate of drug-likeness (QED) is 0.632. The molecular formula is C10H7BrN2O4S. The van der Waals surface area contributed by atoms with Crippen LogP contribution < -0.4 is 9.47 Å². The Kier molecular flexibility index (Phi) is 3.78. The highest BCUT2D eigenvalue weighted by Crippen LogP contribution is 2.35. The van der Waals surface area contributed by atoms with Gasteiger partial charge in [-0.3, -0.25) is 10.1 Å². The van der Waals surface area contributed by atoms with Gasteiger partial charge in [0.25, 0.3) is 5.19 Å². The Morgan fingerprint density at radius 3 is 2.83 bits per heavy atom. The van der Waals surface area contributed by atoms with Crippen molar-refractivity contribution < 1.29 is 14.4 Å². The maximum absolute atomic E-state index is 10.5. The Balaban J connectivity index is 2.20. The monoisotopic (exact) mass is 330 g/mol. The number of nitrogens with zero attached hydrogens (tertiary/aromatic N) is 2. The van der Waals surface area contributed by atoms with Gasteiger partial charge in [-0.05, 0) is 45.5 Å². The molecule has 0 fully saturated rings. The standard InChI is InChI=1S/C10H7BrN2O4S/c1-16-6-2-3-8(7(11)4-6)17-10-12-5-9(18-10)13(14)15/h2-5H,1H3. The second kappa shape index (κ2) is 5.32. The number of methoxy groups -OCH3 is 1. The third-order valence-electron chi connectivity index (χ3n) is 1.99. The van der Waals surface area contributed by atoms with Gasteiger partial charge in [0.1, 0.15) is 17.7 Å². The summed E-state index contributed by atoms with van der Waals surface area (Å²) in [6.45, 7) is 0. The van der Waals surface area contributed by atoms with E-state index in [-0.39, 0.29) is 10.2 Å². The number of thiazole rings is 1. The van der Waals surface area contributed by atoms with E-state index in [9.17, 15) is 10.1 Å². The normalized spacial score (nSPS) is 10.1. The van der Waals surface area contributed by atoms with Crippen molar-refractivity contribution in [2.24, 2.45) is 0 Å². The average Bonchev–Trinajstić information content (AvgIpc) is 2.80. The number of ether oxygens (including phenoxy) is 2. The molecule has 0 saturated carbocycles. The lowest BCUT2D eigenvalue weighted by atomic mass is 10.3. The molecule has 94 valence electrons. The van der Waals surface area contributed by atoms with E-state index >= 15 is 0 Å². The van der Waals surface area contributed by atoms with Crippen LogP contribution in [0, 0.1) is 10.1 Å². The zero-order valence-electron chi connectivity index (χ0n) is 9.12. The summed E-state index contributed by atoms with van der Waals surface area (Å²) in [5.74, 6) is 1.19. The van der Waals surface area contributed by atoms with Crippen LogP contribution in [-0.2, 0) is 0 Å². The van der Waals surface area contributed by atoms with Crippen LogP contribution in [0.4, 0.5) is 5.00 Å². The molecule has 0 saturated heterocycles. The van der Waals surface area contributed by atoms with Crippen LogP contribution in [0.25, 0.3) is 0 Å².